The second-order valence-corrected chi connectivity index (χ2v) is 5.55. The van der Waals surface area contributed by atoms with Crippen molar-refractivity contribution in [3.05, 3.63) is 62.7 Å². The van der Waals surface area contributed by atoms with E-state index in [9.17, 15) is 14.9 Å². The van der Waals surface area contributed by atoms with E-state index in [1.165, 1.54) is 12.1 Å². The molecule has 8 heteroatoms. The highest BCUT2D eigenvalue weighted by atomic mass is 35.5. The molecule has 0 fully saturated rings. The van der Waals surface area contributed by atoms with Crippen LogP contribution in [0.2, 0.25) is 5.02 Å². The third kappa shape index (κ3) is 3.41. The van der Waals surface area contributed by atoms with Gasteiger partial charge >= 0.3 is 0 Å². The summed E-state index contributed by atoms with van der Waals surface area (Å²) in [6.07, 6.45) is 0.560. The molecule has 7 nitrogen and oxygen atoms in total. The van der Waals surface area contributed by atoms with Gasteiger partial charge in [-0.3, -0.25) is 14.9 Å². The van der Waals surface area contributed by atoms with Crippen molar-refractivity contribution in [2.45, 2.75) is 6.42 Å². The van der Waals surface area contributed by atoms with Crippen molar-refractivity contribution in [1.29, 1.82) is 0 Å². The van der Waals surface area contributed by atoms with Gasteiger partial charge in [0.25, 0.3) is 11.6 Å². The van der Waals surface area contributed by atoms with Crippen molar-refractivity contribution >= 4 is 23.2 Å². The lowest BCUT2D eigenvalue weighted by Gasteiger charge is -2.07. The minimum atomic E-state index is -0.617. The van der Waals surface area contributed by atoms with Crippen LogP contribution in [0.1, 0.15) is 15.9 Å². The number of fused-ring (bicyclic) bond motifs is 1. The molecule has 1 amide bonds. The summed E-state index contributed by atoms with van der Waals surface area (Å²) in [5, 5.41) is 14.5. The summed E-state index contributed by atoms with van der Waals surface area (Å²) >= 11 is 5.90. The van der Waals surface area contributed by atoms with Gasteiger partial charge in [0.05, 0.1) is 11.0 Å². The number of amides is 1. The zero-order chi connectivity index (χ0) is 17.1. The minimum absolute atomic E-state index is 0.0215. The number of nitrogens with one attached hydrogen (secondary N) is 1. The topological polar surface area (TPSA) is 90.7 Å². The molecule has 0 atom stereocenters. The Labute approximate surface area is 142 Å². The third-order valence-corrected chi connectivity index (χ3v) is 3.76. The average Bonchev–Trinajstić information content (AvgIpc) is 3.01. The predicted molar refractivity (Wildman–Crippen MR) is 86.7 cm³/mol. The van der Waals surface area contributed by atoms with E-state index in [0.29, 0.717) is 23.7 Å². The third-order valence-electron chi connectivity index (χ3n) is 3.52. The van der Waals surface area contributed by atoms with E-state index >= 15 is 0 Å². The second-order valence-electron chi connectivity index (χ2n) is 5.12. The fraction of sp³-hybridized carbons (Fsp3) is 0.188. The van der Waals surface area contributed by atoms with Crippen LogP contribution in [0.4, 0.5) is 5.69 Å². The highest BCUT2D eigenvalue weighted by Crippen LogP contribution is 2.37. The number of carbonyl (C=O) groups excluding carboxylic acids is 1. The standard InChI is InChI=1S/C16H13ClN2O5/c17-11-3-1-2-10(6-11)4-5-18-16(20)12-7-14-15(24-9-23-14)8-13(12)19(21)22/h1-3,6-8H,4-5,9H2,(H,18,20). The van der Waals surface area contributed by atoms with Gasteiger partial charge in [0.2, 0.25) is 6.79 Å². The summed E-state index contributed by atoms with van der Waals surface area (Å²) in [5.74, 6) is 0.0415. The molecule has 24 heavy (non-hydrogen) atoms. The van der Waals surface area contributed by atoms with Crippen LogP contribution >= 0.6 is 11.6 Å². The molecular weight excluding hydrogens is 336 g/mol. The number of hydrogen-bond acceptors (Lipinski definition) is 5. The van der Waals surface area contributed by atoms with Crippen molar-refractivity contribution in [3.8, 4) is 11.5 Å². The smallest absolute Gasteiger partial charge is 0.286 e. The van der Waals surface area contributed by atoms with E-state index in [4.69, 9.17) is 21.1 Å². The van der Waals surface area contributed by atoms with Crippen LogP contribution < -0.4 is 14.8 Å². The molecule has 0 aromatic heterocycles. The Hall–Kier alpha value is -2.80. The molecule has 1 N–H and O–H groups in total. The molecule has 0 radical (unpaired) electrons. The molecule has 0 bridgehead atoms. The fourth-order valence-corrected chi connectivity index (χ4v) is 2.59. The van der Waals surface area contributed by atoms with Crippen LogP contribution in [-0.4, -0.2) is 24.2 Å². The first-order valence-electron chi connectivity index (χ1n) is 7.15. The van der Waals surface area contributed by atoms with E-state index in [-0.39, 0.29) is 23.8 Å². The highest BCUT2D eigenvalue weighted by Gasteiger charge is 2.27. The van der Waals surface area contributed by atoms with Gasteiger partial charge in [-0.15, -0.1) is 0 Å². The summed E-state index contributed by atoms with van der Waals surface area (Å²) in [6, 6.07) is 9.81. The Morgan fingerprint density at radius 1 is 1.25 bits per heavy atom. The van der Waals surface area contributed by atoms with Crippen LogP contribution in [0.25, 0.3) is 0 Å². The van der Waals surface area contributed by atoms with E-state index in [1.54, 1.807) is 12.1 Å². The number of carbonyl (C=O) groups is 1. The Bertz CT molecular complexity index is 809. The number of ether oxygens (including phenoxy) is 2. The zero-order valence-electron chi connectivity index (χ0n) is 12.5. The number of nitrogens with zero attached hydrogens (tertiary/aromatic N) is 1. The quantitative estimate of drug-likeness (QED) is 0.662. The highest BCUT2D eigenvalue weighted by molar-refractivity contribution is 6.30. The van der Waals surface area contributed by atoms with Crippen LogP contribution in [-0.2, 0) is 6.42 Å². The maximum absolute atomic E-state index is 12.3. The van der Waals surface area contributed by atoms with Crippen molar-refractivity contribution in [2.24, 2.45) is 0 Å². The summed E-state index contributed by atoms with van der Waals surface area (Å²) in [4.78, 5) is 22.8. The number of rotatable bonds is 5. The molecule has 0 saturated carbocycles. The number of benzene rings is 2. The molecule has 2 aromatic carbocycles. The molecule has 0 saturated heterocycles. The van der Waals surface area contributed by atoms with Gasteiger partial charge in [0.1, 0.15) is 5.56 Å². The lowest BCUT2D eigenvalue weighted by atomic mass is 10.1. The van der Waals surface area contributed by atoms with Gasteiger partial charge in [0, 0.05) is 17.6 Å². The Kier molecular flexibility index (Phi) is 4.52. The van der Waals surface area contributed by atoms with Gasteiger partial charge in [-0.05, 0) is 24.1 Å². The number of halogens is 1. The monoisotopic (exact) mass is 348 g/mol. The largest absolute Gasteiger partial charge is 0.454 e. The van der Waals surface area contributed by atoms with Crippen molar-refractivity contribution in [1.82, 2.24) is 5.32 Å². The Balaban J connectivity index is 1.71. The lowest BCUT2D eigenvalue weighted by Crippen LogP contribution is -2.26. The van der Waals surface area contributed by atoms with Gasteiger partial charge in [-0.1, -0.05) is 23.7 Å². The second kappa shape index (κ2) is 6.76. The van der Waals surface area contributed by atoms with Crippen LogP contribution in [0, 0.1) is 10.1 Å². The first kappa shape index (κ1) is 16.1. The molecule has 124 valence electrons. The number of hydrogen-bond donors (Lipinski definition) is 1. The number of nitro benzene ring substituents is 1. The molecule has 1 aliphatic heterocycles. The molecular formula is C16H13ClN2O5. The molecule has 1 aliphatic rings. The van der Waals surface area contributed by atoms with E-state index < -0.39 is 10.8 Å². The van der Waals surface area contributed by atoms with Crippen molar-refractivity contribution < 1.29 is 19.2 Å². The molecule has 2 aromatic rings. The maximum Gasteiger partial charge on any atom is 0.286 e. The number of nitro groups is 1. The minimum Gasteiger partial charge on any atom is -0.454 e. The summed E-state index contributed by atoms with van der Waals surface area (Å²) in [5.41, 5.74) is 0.581. The Morgan fingerprint density at radius 3 is 2.71 bits per heavy atom. The van der Waals surface area contributed by atoms with Crippen LogP contribution in [0.5, 0.6) is 11.5 Å². The van der Waals surface area contributed by atoms with Crippen molar-refractivity contribution in [2.75, 3.05) is 13.3 Å². The molecule has 3 rings (SSSR count). The summed E-state index contributed by atoms with van der Waals surface area (Å²) in [7, 11) is 0. The maximum atomic E-state index is 12.3. The van der Waals surface area contributed by atoms with E-state index in [2.05, 4.69) is 5.32 Å². The first-order chi connectivity index (χ1) is 11.5. The lowest BCUT2D eigenvalue weighted by molar-refractivity contribution is -0.385. The van der Waals surface area contributed by atoms with Crippen LogP contribution in [0.15, 0.2) is 36.4 Å². The summed E-state index contributed by atoms with van der Waals surface area (Å²) < 4.78 is 10.3. The normalized spacial score (nSPS) is 12.0. The first-order valence-corrected chi connectivity index (χ1v) is 7.53. The molecule has 0 aliphatic carbocycles. The molecule has 0 spiro atoms. The van der Waals surface area contributed by atoms with Gasteiger partial charge in [0.15, 0.2) is 11.5 Å². The van der Waals surface area contributed by atoms with Gasteiger partial charge in [-0.25, -0.2) is 0 Å². The zero-order valence-corrected chi connectivity index (χ0v) is 13.2. The van der Waals surface area contributed by atoms with Crippen LogP contribution in [0.3, 0.4) is 0 Å². The van der Waals surface area contributed by atoms with E-state index in [0.717, 1.165) is 5.56 Å². The molecule has 0 unspecified atom stereocenters. The molecule has 1 heterocycles. The van der Waals surface area contributed by atoms with Gasteiger partial charge < -0.3 is 14.8 Å². The van der Waals surface area contributed by atoms with E-state index in [1.807, 2.05) is 12.1 Å². The fourth-order valence-electron chi connectivity index (χ4n) is 2.37. The van der Waals surface area contributed by atoms with Crippen molar-refractivity contribution in [3.63, 3.8) is 0 Å². The SMILES string of the molecule is O=C(NCCc1cccc(Cl)c1)c1cc2c(cc1[N+](=O)[O-])OCO2. The Morgan fingerprint density at radius 2 is 2.00 bits per heavy atom. The summed E-state index contributed by atoms with van der Waals surface area (Å²) in [6.45, 7) is 0.303. The average molecular weight is 349 g/mol. The van der Waals surface area contributed by atoms with Gasteiger partial charge in [-0.2, -0.15) is 0 Å². The predicted octanol–water partition coefficient (Wildman–Crippen LogP) is 2.95.